The van der Waals surface area contributed by atoms with Crippen LogP contribution in [0.2, 0.25) is 0 Å². The first-order valence-electron chi connectivity index (χ1n) is 7.80. The third-order valence-electron chi connectivity index (χ3n) is 4.09. The van der Waals surface area contributed by atoms with E-state index in [4.69, 9.17) is 0 Å². The summed E-state index contributed by atoms with van der Waals surface area (Å²) in [5, 5.41) is 4.05. The highest BCUT2D eigenvalue weighted by Gasteiger charge is 2.37. The molecule has 2 aromatic carbocycles. The molecule has 28 heavy (non-hydrogen) atoms. The lowest BCUT2D eigenvalue weighted by Crippen LogP contribution is -2.11. The van der Waals surface area contributed by atoms with Gasteiger partial charge in [-0.3, -0.25) is 0 Å². The summed E-state index contributed by atoms with van der Waals surface area (Å²) in [5.41, 5.74) is 0.279. The molecule has 0 bridgehead atoms. The van der Waals surface area contributed by atoms with Gasteiger partial charge < -0.3 is 0 Å². The van der Waals surface area contributed by atoms with Crippen LogP contribution in [0, 0.1) is 0 Å². The van der Waals surface area contributed by atoms with Crippen molar-refractivity contribution < 1.29 is 26.3 Å². The SMILES string of the molecule is FC(F)(F)c1cc(-c2ccc(-c3cn4ncsc4n3)cc2)cc(C(F)(F)F)c1. The average Bonchev–Trinajstić information content (AvgIpc) is 3.22. The molecule has 0 N–H and O–H groups in total. The van der Waals surface area contributed by atoms with E-state index in [1.807, 2.05) is 0 Å². The Kier molecular flexibility index (Phi) is 4.18. The van der Waals surface area contributed by atoms with Crippen LogP contribution in [0.1, 0.15) is 11.1 Å². The van der Waals surface area contributed by atoms with Crippen molar-refractivity contribution in [1.29, 1.82) is 0 Å². The van der Waals surface area contributed by atoms with Crippen LogP contribution in [0.3, 0.4) is 0 Å². The average molecular weight is 413 g/mol. The van der Waals surface area contributed by atoms with Crippen molar-refractivity contribution in [3.63, 3.8) is 0 Å². The Labute approximate surface area is 157 Å². The molecule has 0 saturated heterocycles. The number of rotatable bonds is 2. The molecule has 0 saturated carbocycles. The van der Waals surface area contributed by atoms with Gasteiger partial charge in [0.15, 0.2) is 0 Å². The molecule has 0 amide bonds. The second-order valence-electron chi connectivity index (χ2n) is 5.96. The van der Waals surface area contributed by atoms with Gasteiger partial charge >= 0.3 is 12.4 Å². The molecule has 0 fully saturated rings. The minimum Gasteiger partial charge on any atom is -0.217 e. The lowest BCUT2D eigenvalue weighted by molar-refractivity contribution is -0.143. The van der Waals surface area contributed by atoms with E-state index in [2.05, 4.69) is 10.1 Å². The topological polar surface area (TPSA) is 30.2 Å². The molecule has 3 nitrogen and oxygen atoms in total. The van der Waals surface area contributed by atoms with Crippen LogP contribution >= 0.6 is 11.3 Å². The fourth-order valence-electron chi connectivity index (χ4n) is 2.73. The summed E-state index contributed by atoms with van der Waals surface area (Å²) >= 11 is 1.34. The van der Waals surface area contributed by atoms with E-state index in [9.17, 15) is 26.3 Å². The summed E-state index contributed by atoms with van der Waals surface area (Å²) in [5.74, 6) is 0. The molecule has 144 valence electrons. The Morgan fingerprint density at radius 1 is 0.750 bits per heavy atom. The first-order valence-corrected chi connectivity index (χ1v) is 8.68. The zero-order valence-corrected chi connectivity index (χ0v) is 14.5. The van der Waals surface area contributed by atoms with Gasteiger partial charge in [0, 0.05) is 5.56 Å². The highest BCUT2D eigenvalue weighted by molar-refractivity contribution is 7.14. The molecule has 0 aliphatic heterocycles. The molecule has 4 rings (SSSR count). The number of nitrogens with zero attached hydrogens (tertiary/aromatic N) is 3. The largest absolute Gasteiger partial charge is 0.416 e. The van der Waals surface area contributed by atoms with E-state index < -0.39 is 23.5 Å². The van der Waals surface area contributed by atoms with E-state index in [1.165, 1.54) is 23.5 Å². The Bertz CT molecular complexity index is 1080. The molecule has 0 radical (unpaired) electrons. The summed E-state index contributed by atoms with van der Waals surface area (Å²) in [7, 11) is 0. The van der Waals surface area contributed by atoms with Crippen LogP contribution in [-0.4, -0.2) is 14.6 Å². The van der Waals surface area contributed by atoms with Crippen molar-refractivity contribution in [2.45, 2.75) is 12.4 Å². The van der Waals surface area contributed by atoms with E-state index in [0.29, 0.717) is 28.4 Å². The molecule has 0 atom stereocenters. The van der Waals surface area contributed by atoms with Gasteiger partial charge in [0.25, 0.3) is 0 Å². The number of hydrogen-bond donors (Lipinski definition) is 0. The number of hydrogen-bond acceptors (Lipinski definition) is 3. The van der Waals surface area contributed by atoms with Gasteiger partial charge in [-0.25, -0.2) is 9.50 Å². The maximum absolute atomic E-state index is 13.0. The predicted octanol–water partition coefficient (Wildman–Crippen LogP) is 6.16. The number of halogens is 6. The van der Waals surface area contributed by atoms with Crippen molar-refractivity contribution in [3.05, 3.63) is 65.3 Å². The van der Waals surface area contributed by atoms with Crippen LogP contribution in [0.4, 0.5) is 26.3 Å². The first-order chi connectivity index (χ1) is 13.1. The monoisotopic (exact) mass is 413 g/mol. The van der Waals surface area contributed by atoms with Crippen LogP contribution in [0.5, 0.6) is 0 Å². The smallest absolute Gasteiger partial charge is 0.217 e. The van der Waals surface area contributed by atoms with Crippen LogP contribution in [-0.2, 0) is 12.4 Å². The molecule has 0 unspecified atom stereocenters. The lowest BCUT2D eigenvalue weighted by Gasteiger charge is -2.14. The second-order valence-corrected chi connectivity index (χ2v) is 6.78. The van der Waals surface area contributed by atoms with Gasteiger partial charge in [-0.15, -0.1) is 0 Å². The molecular weight excluding hydrogens is 404 g/mol. The van der Waals surface area contributed by atoms with Crippen molar-refractivity contribution in [2.24, 2.45) is 0 Å². The number of alkyl halides is 6. The molecule has 4 aromatic rings. The van der Waals surface area contributed by atoms with E-state index in [1.54, 1.807) is 28.4 Å². The van der Waals surface area contributed by atoms with Gasteiger partial charge in [-0.05, 0) is 29.3 Å². The van der Waals surface area contributed by atoms with Crippen LogP contribution in [0.25, 0.3) is 27.3 Å². The highest BCUT2D eigenvalue weighted by Crippen LogP contribution is 2.38. The Morgan fingerprint density at radius 2 is 1.32 bits per heavy atom. The van der Waals surface area contributed by atoms with Crippen molar-refractivity contribution in [1.82, 2.24) is 14.6 Å². The quantitative estimate of drug-likeness (QED) is 0.368. The summed E-state index contributed by atoms with van der Waals surface area (Å²) in [6, 6.07) is 7.65. The molecule has 0 aliphatic rings. The number of imidazole rings is 1. The molecular formula is C18H9F6N3S. The van der Waals surface area contributed by atoms with Crippen molar-refractivity contribution in [3.8, 4) is 22.4 Å². The third-order valence-corrected chi connectivity index (χ3v) is 4.78. The van der Waals surface area contributed by atoms with Gasteiger partial charge in [-0.1, -0.05) is 35.6 Å². The predicted molar refractivity (Wildman–Crippen MR) is 91.7 cm³/mol. The lowest BCUT2D eigenvalue weighted by atomic mass is 9.98. The molecule has 2 heterocycles. The molecule has 0 spiro atoms. The van der Waals surface area contributed by atoms with Gasteiger partial charge in [0.05, 0.1) is 23.0 Å². The Morgan fingerprint density at radius 3 is 1.86 bits per heavy atom. The van der Waals surface area contributed by atoms with Gasteiger partial charge in [0.2, 0.25) is 4.96 Å². The number of aromatic nitrogens is 3. The molecule has 0 aliphatic carbocycles. The fraction of sp³-hybridized carbons (Fsp3) is 0.111. The first kappa shape index (κ1) is 18.5. The number of fused-ring (bicyclic) bond motifs is 1. The summed E-state index contributed by atoms with van der Waals surface area (Å²) < 4.78 is 79.7. The highest BCUT2D eigenvalue weighted by atomic mass is 32.1. The Balaban J connectivity index is 1.75. The maximum atomic E-state index is 13.0. The normalized spacial score (nSPS) is 12.6. The Hall–Kier alpha value is -2.88. The molecule has 10 heteroatoms. The second kappa shape index (κ2) is 6.33. The van der Waals surface area contributed by atoms with Crippen molar-refractivity contribution in [2.75, 3.05) is 0 Å². The standard InChI is InChI=1S/C18H9F6N3S/c19-17(20,21)13-5-12(6-14(7-13)18(22,23)24)10-1-3-11(4-2-10)15-8-27-16(26-15)28-9-25-27/h1-9H. The molecule has 2 aromatic heterocycles. The maximum Gasteiger partial charge on any atom is 0.416 e. The van der Waals surface area contributed by atoms with Gasteiger partial charge in [-0.2, -0.15) is 31.4 Å². The summed E-state index contributed by atoms with van der Waals surface area (Å²) in [6.07, 6.45) is -8.08. The minimum absolute atomic E-state index is 0.114. The van der Waals surface area contributed by atoms with E-state index in [0.717, 1.165) is 0 Å². The van der Waals surface area contributed by atoms with Gasteiger partial charge in [0.1, 0.15) is 5.51 Å². The summed E-state index contributed by atoms with van der Waals surface area (Å²) in [4.78, 5) is 5.03. The fourth-order valence-corrected chi connectivity index (χ4v) is 3.33. The van der Waals surface area contributed by atoms with Crippen molar-refractivity contribution >= 4 is 16.3 Å². The third kappa shape index (κ3) is 3.47. The minimum atomic E-state index is -4.88. The van der Waals surface area contributed by atoms with E-state index in [-0.39, 0.29) is 17.2 Å². The summed E-state index contributed by atoms with van der Waals surface area (Å²) in [6.45, 7) is 0. The van der Waals surface area contributed by atoms with Crippen LogP contribution in [0.15, 0.2) is 54.2 Å². The number of benzene rings is 2. The zero-order chi connectivity index (χ0) is 20.1. The zero-order valence-electron chi connectivity index (χ0n) is 13.7. The van der Waals surface area contributed by atoms with E-state index >= 15 is 0 Å². The van der Waals surface area contributed by atoms with Crippen LogP contribution < -0.4 is 0 Å².